The third-order valence-corrected chi connectivity index (χ3v) is 7.49. The van der Waals surface area contributed by atoms with E-state index < -0.39 is 5.92 Å². The molecular formula is C22H30F2N4O. The van der Waals surface area contributed by atoms with Crippen molar-refractivity contribution < 1.29 is 13.6 Å². The Morgan fingerprint density at radius 1 is 1.17 bits per heavy atom. The highest BCUT2D eigenvalue weighted by atomic mass is 19.3. The topological polar surface area (TPSA) is 49.3 Å². The van der Waals surface area contributed by atoms with Gasteiger partial charge < -0.3 is 14.6 Å². The van der Waals surface area contributed by atoms with Crippen molar-refractivity contribution in [2.45, 2.75) is 70.8 Å². The highest BCUT2D eigenvalue weighted by Gasteiger charge is 2.56. The van der Waals surface area contributed by atoms with Gasteiger partial charge in [0.05, 0.1) is 0 Å². The molecule has 3 heterocycles. The van der Waals surface area contributed by atoms with E-state index in [0.717, 1.165) is 38.3 Å². The average Bonchev–Trinajstić information content (AvgIpc) is 3.10. The zero-order valence-corrected chi connectivity index (χ0v) is 17.3. The van der Waals surface area contributed by atoms with Gasteiger partial charge in [0, 0.05) is 44.1 Å². The maximum atomic E-state index is 14.8. The van der Waals surface area contributed by atoms with Gasteiger partial charge in [0.15, 0.2) is 0 Å². The Bertz CT molecular complexity index is 817. The molecule has 2 aliphatic carbocycles. The first-order valence-electron chi connectivity index (χ1n) is 11.2. The fourth-order valence-electron chi connectivity index (χ4n) is 5.84. The molecule has 0 amide bonds. The van der Waals surface area contributed by atoms with Crippen LogP contribution in [0.5, 0.6) is 0 Å². The van der Waals surface area contributed by atoms with E-state index in [2.05, 4.69) is 21.7 Å². The maximum Gasteiger partial charge on any atom is 0.290 e. The van der Waals surface area contributed by atoms with Crippen LogP contribution in [0.3, 0.4) is 0 Å². The number of alkyl halides is 2. The van der Waals surface area contributed by atoms with Crippen molar-refractivity contribution in [3.05, 3.63) is 11.3 Å². The maximum absolute atomic E-state index is 14.8. The number of hydrogen-bond acceptors (Lipinski definition) is 5. The molecular weight excluding hydrogens is 374 g/mol. The second-order valence-electron chi connectivity index (χ2n) is 9.57. The van der Waals surface area contributed by atoms with E-state index in [1.54, 1.807) is 6.92 Å². The van der Waals surface area contributed by atoms with Crippen LogP contribution >= 0.6 is 0 Å². The van der Waals surface area contributed by atoms with Crippen LogP contribution in [-0.2, 0) is 17.1 Å². The summed E-state index contributed by atoms with van der Waals surface area (Å²) >= 11 is 0. The van der Waals surface area contributed by atoms with E-state index in [0.29, 0.717) is 48.5 Å². The Labute approximate surface area is 170 Å². The highest BCUT2D eigenvalue weighted by molar-refractivity contribution is 5.76. The molecule has 0 spiro atoms. The molecule has 0 radical (unpaired) electrons. The number of carbonyl (C=O) groups excluding carboxylic acids is 1. The first-order valence-corrected chi connectivity index (χ1v) is 11.2. The summed E-state index contributed by atoms with van der Waals surface area (Å²) in [4.78, 5) is 25.1. The molecule has 0 aromatic carbocycles. The molecule has 29 heavy (non-hydrogen) atoms. The minimum atomic E-state index is -2.88. The zero-order chi connectivity index (χ0) is 20.3. The molecule has 1 aromatic rings. The lowest BCUT2D eigenvalue weighted by Gasteiger charge is -2.36. The number of hydrogen-bond donors (Lipinski definition) is 0. The van der Waals surface area contributed by atoms with E-state index in [-0.39, 0.29) is 23.9 Å². The second kappa shape index (κ2) is 6.88. The van der Waals surface area contributed by atoms with Gasteiger partial charge in [-0.1, -0.05) is 0 Å². The number of halogens is 2. The lowest BCUT2D eigenvalue weighted by molar-refractivity contribution is -0.117. The van der Waals surface area contributed by atoms with Crippen molar-refractivity contribution in [3.8, 4) is 0 Å². The van der Waals surface area contributed by atoms with Crippen molar-refractivity contribution in [1.29, 1.82) is 0 Å². The second-order valence-corrected chi connectivity index (χ2v) is 9.57. The largest absolute Gasteiger partial charge is 0.356 e. The third-order valence-electron chi connectivity index (χ3n) is 7.49. The molecule has 1 unspecified atom stereocenters. The van der Waals surface area contributed by atoms with E-state index in [1.165, 1.54) is 6.42 Å². The molecule has 158 valence electrons. The summed E-state index contributed by atoms with van der Waals surface area (Å²) < 4.78 is 29.7. The van der Waals surface area contributed by atoms with E-state index >= 15 is 0 Å². The quantitative estimate of drug-likeness (QED) is 0.761. The van der Waals surface area contributed by atoms with Crippen molar-refractivity contribution >= 4 is 17.5 Å². The number of fused-ring (bicyclic) bond motifs is 2. The fourth-order valence-corrected chi connectivity index (χ4v) is 5.84. The monoisotopic (exact) mass is 404 g/mol. The molecule has 1 saturated carbocycles. The number of anilines is 2. The summed E-state index contributed by atoms with van der Waals surface area (Å²) in [5.41, 5.74) is 0.612. The van der Waals surface area contributed by atoms with E-state index in [1.807, 2.05) is 0 Å². The molecule has 5 nitrogen and oxygen atoms in total. The number of Topliss-reactive ketones (excluding diaryl/α,β-unsaturated/α-hetero) is 1. The van der Waals surface area contributed by atoms with Crippen LogP contribution < -0.4 is 9.80 Å². The minimum Gasteiger partial charge on any atom is -0.356 e. The normalized spacial score (nSPS) is 32.7. The number of aromatic nitrogens is 2. The van der Waals surface area contributed by atoms with Crippen LogP contribution in [0.25, 0.3) is 0 Å². The summed E-state index contributed by atoms with van der Waals surface area (Å²) in [5.74, 6) is 0.0702. The van der Waals surface area contributed by atoms with Crippen LogP contribution in [0, 0.1) is 17.8 Å². The Morgan fingerprint density at radius 3 is 2.62 bits per heavy atom. The first kappa shape index (κ1) is 19.2. The van der Waals surface area contributed by atoms with Crippen LogP contribution in [-0.4, -0.2) is 41.4 Å². The van der Waals surface area contributed by atoms with E-state index in [9.17, 15) is 13.6 Å². The molecule has 2 saturated heterocycles. The molecule has 1 aromatic heterocycles. The van der Waals surface area contributed by atoms with Crippen molar-refractivity contribution in [3.63, 3.8) is 0 Å². The van der Waals surface area contributed by atoms with Gasteiger partial charge in [-0.25, -0.2) is 4.98 Å². The zero-order valence-electron chi connectivity index (χ0n) is 17.3. The Balaban J connectivity index is 1.48. The Kier molecular flexibility index (Phi) is 4.55. The van der Waals surface area contributed by atoms with Gasteiger partial charge in [0.2, 0.25) is 5.95 Å². The van der Waals surface area contributed by atoms with Crippen LogP contribution in [0.1, 0.15) is 63.6 Å². The van der Waals surface area contributed by atoms with Crippen molar-refractivity contribution in [2.75, 3.05) is 29.4 Å². The molecule has 0 bridgehead atoms. The van der Waals surface area contributed by atoms with Gasteiger partial charge in [0.25, 0.3) is 5.92 Å². The molecule has 0 N–H and O–H groups in total. The summed E-state index contributed by atoms with van der Waals surface area (Å²) in [6, 6.07) is 0.277. The van der Waals surface area contributed by atoms with Crippen molar-refractivity contribution in [2.24, 2.45) is 17.8 Å². The van der Waals surface area contributed by atoms with Gasteiger partial charge in [-0.2, -0.15) is 13.8 Å². The van der Waals surface area contributed by atoms with Gasteiger partial charge in [-0.15, -0.1) is 0 Å². The van der Waals surface area contributed by atoms with Gasteiger partial charge >= 0.3 is 0 Å². The van der Waals surface area contributed by atoms with Crippen LogP contribution in [0.2, 0.25) is 0 Å². The fraction of sp³-hybridized carbons (Fsp3) is 0.773. The summed E-state index contributed by atoms with van der Waals surface area (Å²) in [7, 11) is 0. The Morgan fingerprint density at radius 2 is 1.93 bits per heavy atom. The first-order chi connectivity index (χ1) is 13.8. The smallest absolute Gasteiger partial charge is 0.290 e. The SMILES string of the molecule is CC(=O)CC1[C@H]2CN(c3nc(N4CCCC[C@@H]4C)nc4c3CCCC4(F)F)C[C@@H]12. The lowest BCUT2D eigenvalue weighted by Crippen LogP contribution is -2.40. The molecule has 4 aliphatic rings. The lowest BCUT2D eigenvalue weighted by atomic mass is 9.92. The van der Waals surface area contributed by atoms with Crippen molar-refractivity contribution in [1.82, 2.24) is 9.97 Å². The Hall–Kier alpha value is -1.79. The molecule has 7 heteroatoms. The van der Waals surface area contributed by atoms with Gasteiger partial charge in [0.1, 0.15) is 17.3 Å². The highest BCUT2D eigenvalue weighted by Crippen LogP contribution is 2.55. The number of nitrogens with zero attached hydrogens (tertiary/aromatic N) is 4. The summed E-state index contributed by atoms with van der Waals surface area (Å²) in [6.07, 6.45) is 4.89. The van der Waals surface area contributed by atoms with Gasteiger partial charge in [-0.05, 0) is 63.7 Å². The number of piperidine rings is 2. The molecule has 2 aliphatic heterocycles. The van der Waals surface area contributed by atoms with E-state index in [4.69, 9.17) is 4.98 Å². The summed E-state index contributed by atoms with van der Waals surface area (Å²) in [5, 5.41) is 0. The predicted molar refractivity (Wildman–Crippen MR) is 108 cm³/mol. The molecule has 5 rings (SSSR count). The molecule has 3 fully saturated rings. The number of rotatable bonds is 4. The minimum absolute atomic E-state index is 0.0395. The third kappa shape index (κ3) is 3.30. The number of carbonyl (C=O) groups is 1. The predicted octanol–water partition coefficient (Wildman–Crippen LogP) is 3.94. The summed E-state index contributed by atoms with van der Waals surface area (Å²) in [6.45, 7) is 6.27. The number of ketones is 1. The standard InChI is InChI=1S/C22H30F2N4O/c1-13-6-3-4-9-28(13)21-25-19-15(7-5-8-22(19,23)24)20(26-21)27-11-17-16(10-14(2)29)18(17)12-27/h13,16-18H,3-12H2,1-2H3/t13-,16?,17-,18+/m0/s1. The average molecular weight is 405 g/mol. The van der Waals surface area contributed by atoms with Crippen LogP contribution in [0.4, 0.5) is 20.5 Å². The van der Waals surface area contributed by atoms with Gasteiger partial charge in [-0.3, -0.25) is 0 Å². The molecule has 4 atom stereocenters. The van der Waals surface area contributed by atoms with Crippen LogP contribution in [0.15, 0.2) is 0 Å².